The van der Waals surface area contributed by atoms with Crippen LogP contribution in [0.4, 0.5) is 5.82 Å². The van der Waals surface area contributed by atoms with E-state index in [9.17, 15) is 4.79 Å². The first-order valence-electron chi connectivity index (χ1n) is 6.55. The molecular formula is C13H19N3O. The van der Waals surface area contributed by atoms with Crippen molar-refractivity contribution in [1.29, 1.82) is 0 Å². The summed E-state index contributed by atoms with van der Waals surface area (Å²) >= 11 is 0. The first-order valence-corrected chi connectivity index (χ1v) is 6.55. The molecule has 3 rings (SSSR count). The van der Waals surface area contributed by atoms with Crippen LogP contribution in [0.5, 0.6) is 0 Å². The molecule has 1 atom stereocenters. The Labute approximate surface area is 101 Å². The third kappa shape index (κ3) is 1.66. The van der Waals surface area contributed by atoms with E-state index in [2.05, 4.69) is 29.4 Å². The Morgan fingerprint density at radius 1 is 1.35 bits per heavy atom. The normalized spacial score (nSPS) is 24.4. The Morgan fingerprint density at radius 2 is 2.12 bits per heavy atom. The molecule has 2 aliphatic rings. The predicted molar refractivity (Wildman–Crippen MR) is 66.0 cm³/mol. The van der Waals surface area contributed by atoms with Gasteiger partial charge in [-0.05, 0) is 18.8 Å². The van der Waals surface area contributed by atoms with Gasteiger partial charge in [-0.25, -0.2) is 0 Å². The molecule has 0 aromatic carbocycles. The number of carbonyl (C=O) groups excluding carboxylic acids is 1. The van der Waals surface area contributed by atoms with Crippen molar-refractivity contribution < 1.29 is 4.79 Å². The second kappa shape index (κ2) is 3.86. The van der Waals surface area contributed by atoms with E-state index in [0.29, 0.717) is 24.2 Å². The third-order valence-corrected chi connectivity index (χ3v) is 4.19. The Bertz CT molecular complexity index is 446. The number of nitrogens with zero attached hydrogens (tertiary/aromatic N) is 1. The zero-order valence-electron chi connectivity index (χ0n) is 10.4. The molecule has 2 heterocycles. The first-order chi connectivity index (χ1) is 8.16. The molecule has 2 N–H and O–H groups in total. The van der Waals surface area contributed by atoms with Gasteiger partial charge in [0.25, 0.3) is 0 Å². The van der Waals surface area contributed by atoms with E-state index in [-0.39, 0.29) is 5.91 Å². The highest BCUT2D eigenvalue weighted by Gasteiger charge is 2.35. The van der Waals surface area contributed by atoms with Crippen LogP contribution in [0.1, 0.15) is 62.6 Å². The van der Waals surface area contributed by atoms with Crippen LogP contribution in [0, 0.1) is 5.92 Å². The standard InChI is InChI=1S/C13H19N3O/c1-7(2)9-6-10(17)14-13-11(9)12(15-16-13)8-4-3-5-8/h7-9H,3-6H2,1-2H3,(H2,14,15,16,17). The van der Waals surface area contributed by atoms with Crippen LogP contribution in [0.25, 0.3) is 0 Å². The molecule has 17 heavy (non-hydrogen) atoms. The fourth-order valence-corrected chi connectivity index (χ4v) is 2.90. The number of hydrogen-bond donors (Lipinski definition) is 2. The number of rotatable bonds is 2. The summed E-state index contributed by atoms with van der Waals surface area (Å²) in [6, 6.07) is 0. The number of amides is 1. The summed E-state index contributed by atoms with van der Waals surface area (Å²) in [5, 5.41) is 10.3. The molecule has 4 heteroatoms. The summed E-state index contributed by atoms with van der Waals surface area (Å²) in [6.07, 6.45) is 4.43. The summed E-state index contributed by atoms with van der Waals surface area (Å²) < 4.78 is 0. The third-order valence-electron chi connectivity index (χ3n) is 4.19. The molecule has 0 bridgehead atoms. The number of aromatic amines is 1. The zero-order valence-corrected chi connectivity index (χ0v) is 10.4. The van der Waals surface area contributed by atoms with Crippen LogP contribution in [0.2, 0.25) is 0 Å². The monoisotopic (exact) mass is 233 g/mol. The van der Waals surface area contributed by atoms with Crippen molar-refractivity contribution in [1.82, 2.24) is 10.2 Å². The van der Waals surface area contributed by atoms with Crippen molar-refractivity contribution in [2.75, 3.05) is 5.32 Å². The van der Waals surface area contributed by atoms with Crippen LogP contribution in [0.15, 0.2) is 0 Å². The maximum absolute atomic E-state index is 11.6. The Kier molecular flexibility index (Phi) is 2.45. The van der Waals surface area contributed by atoms with Crippen LogP contribution in [-0.2, 0) is 4.79 Å². The average molecular weight is 233 g/mol. The Hall–Kier alpha value is -1.32. The average Bonchev–Trinajstić information content (AvgIpc) is 2.58. The van der Waals surface area contributed by atoms with Gasteiger partial charge in [0.15, 0.2) is 5.82 Å². The van der Waals surface area contributed by atoms with Gasteiger partial charge in [-0.15, -0.1) is 0 Å². The molecular weight excluding hydrogens is 214 g/mol. The van der Waals surface area contributed by atoms with Crippen LogP contribution < -0.4 is 5.32 Å². The molecule has 0 spiro atoms. The minimum Gasteiger partial charge on any atom is -0.309 e. The zero-order chi connectivity index (χ0) is 12.0. The van der Waals surface area contributed by atoms with Crippen molar-refractivity contribution in [3.63, 3.8) is 0 Å². The second-order valence-corrected chi connectivity index (χ2v) is 5.63. The molecule has 1 fully saturated rings. The summed E-state index contributed by atoms with van der Waals surface area (Å²) in [6.45, 7) is 4.37. The number of nitrogens with one attached hydrogen (secondary N) is 2. The highest BCUT2D eigenvalue weighted by molar-refractivity contribution is 5.93. The van der Waals surface area contributed by atoms with Gasteiger partial charge in [-0.3, -0.25) is 9.89 Å². The van der Waals surface area contributed by atoms with Crippen molar-refractivity contribution in [2.24, 2.45) is 5.92 Å². The topological polar surface area (TPSA) is 57.8 Å². The van der Waals surface area contributed by atoms with Gasteiger partial charge in [-0.2, -0.15) is 5.10 Å². The van der Waals surface area contributed by atoms with Gasteiger partial charge in [0, 0.05) is 29.5 Å². The second-order valence-electron chi connectivity index (χ2n) is 5.63. The van der Waals surface area contributed by atoms with Crippen LogP contribution >= 0.6 is 0 Å². The molecule has 1 amide bonds. The van der Waals surface area contributed by atoms with E-state index in [0.717, 1.165) is 5.82 Å². The highest BCUT2D eigenvalue weighted by atomic mass is 16.1. The number of H-pyrrole nitrogens is 1. The summed E-state index contributed by atoms with van der Waals surface area (Å²) in [4.78, 5) is 11.6. The number of hydrogen-bond acceptors (Lipinski definition) is 2. The number of aromatic nitrogens is 2. The molecule has 1 aromatic heterocycles. The predicted octanol–water partition coefficient (Wildman–Crippen LogP) is 2.76. The molecule has 0 saturated heterocycles. The maximum atomic E-state index is 11.6. The lowest BCUT2D eigenvalue weighted by Gasteiger charge is -2.30. The molecule has 1 aliphatic carbocycles. The van der Waals surface area contributed by atoms with E-state index in [1.54, 1.807) is 0 Å². The minimum atomic E-state index is 0.0999. The molecule has 1 aromatic rings. The van der Waals surface area contributed by atoms with E-state index < -0.39 is 0 Å². The number of carbonyl (C=O) groups is 1. The Morgan fingerprint density at radius 3 is 2.71 bits per heavy atom. The quantitative estimate of drug-likeness (QED) is 0.825. The van der Waals surface area contributed by atoms with Gasteiger partial charge >= 0.3 is 0 Å². The van der Waals surface area contributed by atoms with Gasteiger partial charge < -0.3 is 5.32 Å². The van der Waals surface area contributed by atoms with E-state index >= 15 is 0 Å². The van der Waals surface area contributed by atoms with Gasteiger partial charge in [0.2, 0.25) is 5.91 Å². The lowest BCUT2D eigenvalue weighted by atomic mass is 9.76. The lowest BCUT2D eigenvalue weighted by Crippen LogP contribution is -2.26. The lowest BCUT2D eigenvalue weighted by molar-refractivity contribution is -0.117. The van der Waals surface area contributed by atoms with Gasteiger partial charge in [0.05, 0.1) is 0 Å². The SMILES string of the molecule is CC(C)C1CC(=O)Nc2n[nH]c(C3CCC3)c21. The number of anilines is 1. The molecule has 92 valence electrons. The van der Waals surface area contributed by atoms with Crippen molar-refractivity contribution >= 4 is 11.7 Å². The molecule has 1 saturated carbocycles. The fourth-order valence-electron chi connectivity index (χ4n) is 2.90. The smallest absolute Gasteiger partial charge is 0.226 e. The molecule has 0 radical (unpaired) electrons. The van der Waals surface area contributed by atoms with Crippen LogP contribution in [-0.4, -0.2) is 16.1 Å². The minimum absolute atomic E-state index is 0.0999. The van der Waals surface area contributed by atoms with Crippen molar-refractivity contribution in [2.45, 2.75) is 51.4 Å². The van der Waals surface area contributed by atoms with Gasteiger partial charge in [0.1, 0.15) is 0 Å². The first kappa shape index (κ1) is 10.8. The largest absolute Gasteiger partial charge is 0.309 e. The van der Waals surface area contributed by atoms with E-state index in [1.165, 1.54) is 30.5 Å². The van der Waals surface area contributed by atoms with E-state index in [1.807, 2.05) is 0 Å². The van der Waals surface area contributed by atoms with E-state index in [4.69, 9.17) is 0 Å². The maximum Gasteiger partial charge on any atom is 0.226 e. The number of fused-ring (bicyclic) bond motifs is 1. The summed E-state index contributed by atoms with van der Waals surface area (Å²) in [7, 11) is 0. The summed E-state index contributed by atoms with van der Waals surface area (Å²) in [5.74, 6) is 2.33. The highest BCUT2D eigenvalue weighted by Crippen LogP contribution is 2.45. The van der Waals surface area contributed by atoms with Gasteiger partial charge in [-0.1, -0.05) is 20.3 Å². The van der Waals surface area contributed by atoms with Crippen LogP contribution in [0.3, 0.4) is 0 Å². The van der Waals surface area contributed by atoms with Crippen molar-refractivity contribution in [3.05, 3.63) is 11.3 Å². The fraction of sp³-hybridized carbons (Fsp3) is 0.692. The molecule has 1 unspecified atom stereocenters. The molecule has 4 nitrogen and oxygen atoms in total. The Balaban J connectivity index is 2.02. The summed E-state index contributed by atoms with van der Waals surface area (Å²) in [5.41, 5.74) is 2.56. The molecule has 1 aliphatic heterocycles. The van der Waals surface area contributed by atoms with Crippen molar-refractivity contribution in [3.8, 4) is 0 Å².